The minimum atomic E-state index is 0.319. The van der Waals surface area contributed by atoms with Gasteiger partial charge in [0, 0.05) is 16.3 Å². The second-order valence-electron chi connectivity index (χ2n) is 4.76. The molecule has 98 valence electrons. The summed E-state index contributed by atoms with van der Waals surface area (Å²) in [4.78, 5) is 0.319. The molecule has 1 nitrogen and oxygen atoms in total. The maximum Gasteiger partial charge on any atom is 0.122 e. The molecule has 0 saturated carbocycles. The molecule has 3 heteroatoms. The minimum Gasteiger partial charge on any atom is -0.493 e. The molecular weight excluding hydrogens is 324 g/mol. The molecule has 0 N–H and O–H groups in total. The lowest BCUT2D eigenvalue weighted by atomic mass is 10.0. The second kappa shape index (κ2) is 5.56. The van der Waals surface area contributed by atoms with E-state index in [0.717, 1.165) is 30.2 Å². The van der Waals surface area contributed by atoms with E-state index in [1.54, 1.807) is 0 Å². The molecule has 0 aromatic heterocycles. The van der Waals surface area contributed by atoms with Gasteiger partial charge in [-0.2, -0.15) is 0 Å². The van der Waals surface area contributed by atoms with Crippen molar-refractivity contribution in [2.24, 2.45) is 0 Å². The predicted octanol–water partition coefficient (Wildman–Crippen LogP) is 4.95. The lowest BCUT2D eigenvalue weighted by Crippen LogP contribution is -1.96. The van der Waals surface area contributed by atoms with Crippen LogP contribution in [0.5, 0.6) is 5.75 Å². The van der Waals surface area contributed by atoms with Crippen molar-refractivity contribution in [3.8, 4) is 5.75 Å². The Kier molecular flexibility index (Phi) is 3.81. The molecule has 19 heavy (non-hydrogen) atoms. The Morgan fingerprint density at radius 3 is 2.74 bits per heavy atom. The van der Waals surface area contributed by atoms with Crippen LogP contribution >= 0.6 is 27.5 Å². The summed E-state index contributed by atoms with van der Waals surface area (Å²) >= 11 is 9.68. The van der Waals surface area contributed by atoms with E-state index >= 15 is 0 Å². The number of alkyl halides is 1. The summed E-state index contributed by atoms with van der Waals surface area (Å²) in [6.45, 7) is 0.808. The van der Waals surface area contributed by atoms with Gasteiger partial charge in [0.15, 0.2) is 0 Å². The van der Waals surface area contributed by atoms with Gasteiger partial charge >= 0.3 is 0 Å². The van der Waals surface area contributed by atoms with E-state index in [2.05, 4.69) is 46.3 Å². The van der Waals surface area contributed by atoms with Gasteiger partial charge < -0.3 is 4.74 Å². The first-order chi connectivity index (χ1) is 9.22. The zero-order valence-corrected chi connectivity index (χ0v) is 12.7. The first-order valence-electron chi connectivity index (χ1n) is 6.36. The summed E-state index contributed by atoms with van der Waals surface area (Å²) in [5, 5.41) is 0.782. The molecule has 0 amide bonds. The van der Waals surface area contributed by atoms with Crippen LogP contribution in [0.1, 0.15) is 21.5 Å². The number of halogens is 2. The van der Waals surface area contributed by atoms with Gasteiger partial charge in [-0.15, -0.1) is 0 Å². The molecule has 0 radical (unpaired) electrons. The average molecular weight is 338 g/mol. The van der Waals surface area contributed by atoms with Crippen LogP contribution in [0.15, 0.2) is 42.5 Å². The highest BCUT2D eigenvalue weighted by Gasteiger charge is 2.15. The van der Waals surface area contributed by atoms with Crippen molar-refractivity contribution in [3.63, 3.8) is 0 Å². The van der Waals surface area contributed by atoms with Gasteiger partial charge in [0.25, 0.3) is 0 Å². The topological polar surface area (TPSA) is 9.23 Å². The monoisotopic (exact) mass is 336 g/mol. The van der Waals surface area contributed by atoms with Crippen LogP contribution in [-0.2, 0) is 12.8 Å². The van der Waals surface area contributed by atoms with Crippen molar-refractivity contribution in [1.29, 1.82) is 0 Å². The van der Waals surface area contributed by atoms with E-state index in [1.807, 2.05) is 12.1 Å². The highest BCUT2D eigenvalue weighted by molar-refractivity contribution is 9.09. The number of fused-ring (bicyclic) bond motifs is 1. The van der Waals surface area contributed by atoms with Crippen LogP contribution in [0.3, 0.4) is 0 Å². The standard InChI is InChI=1S/C16H14BrClO/c17-15(9-11-1-4-14(18)5-2-11)12-3-6-16-13(10-12)7-8-19-16/h1-6,10,15H,7-9H2. The van der Waals surface area contributed by atoms with Crippen molar-refractivity contribution in [2.45, 2.75) is 17.7 Å². The Morgan fingerprint density at radius 2 is 1.95 bits per heavy atom. The molecular formula is C16H14BrClO. The van der Waals surface area contributed by atoms with E-state index in [9.17, 15) is 0 Å². The SMILES string of the molecule is Clc1ccc(CC(Br)c2ccc3c(c2)CCO3)cc1. The van der Waals surface area contributed by atoms with Crippen molar-refractivity contribution in [2.75, 3.05) is 6.61 Å². The molecule has 0 aliphatic carbocycles. The average Bonchev–Trinajstić information content (AvgIpc) is 2.88. The summed E-state index contributed by atoms with van der Waals surface area (Å²) in [7, 11) is 0. The molecule has 0 saturated heterocycles. The molecule has 0 bridgehead atoms. The summed E-state index contributed by atoms with van der Waals surface area (Å²) in [5.41, 5.74) is 3.90. The van der Waals surface area contributed by atoms with Crippen LogP contribution < -0.4 is 4.74 Å². The van der Waals surface area contributed by atoms with Gasteiger partial charge in [-0.3, -0.25) is 0 Å². The van der Waals surface area contributed by atoms with Gasteiger partial charge in [0.05, 0.1) is 6.61 Å². The smallest absolute Gasteiger partial charge is 0.122 e. The van der Waals surface area contributed by atoms with E-state index in [1.165, 1.54) is 16.7 Å². The molecule has 0 spiro atoms. The number of hydrogen-bond donors (Lipinski definition) is 0. The summed E-state index contributed by atoms with van der Waals surface area (Å²) in [6.07, 6.45) is 1.97. The molecule has 1 atom stereocenters. The third-order valence-corrected chi connectivity index (χ3v) is 4.51. The molecule has 3 rings (SSSR count). The second-order valence-corrected chi connectivity index (χ2v) is 6.31. The third-order valence-electron chi connectivity index (χ3n) is 3.40. The van der Waals surface area contributed by atoms with Crippen molar-refractivity contribution < 1.29 is 4.74 Å². The highest BCUT2D eigenvalue weighted by Crippen LogP contribution is 2.33. The Balaban J connectivity index is 1.76. The molecule has 1 aliphatic heterocycles. The maximum absolute atomic E-state index is 5.90. The fourth-order valence-electron chi connectivity index (χ4n) is 2.35. The maximum atomic E-state index is 5.90. The zero-order valence-electron chi connectivity index (χ0n) is 10.4. The Hall–Kier alpha value is -0.990. The highest BCUT2D eigenvalue weighted by atomic mass is 79.9. The fourth-order valence-corrected chi connectivity index (χ4v) is 3.13. The molecule has 0 fully saturated rings. The van der Waals surface area contributed by atoms with Gasteiger partial charge in [0.2, 0.25) is 0 Å². The number of benzene rings is 2. The van der Waals surface area contributed by atoms with E-state index < -0.39 is 0 Å². The molecule has 1 unspecified atom stereocenters. The van der Waals surface area contributed by atoms with Crippen molar-refractivity contribution >= 4 is 27.5 Å². The fraction of sp³-hybridized carbons (Fsp3) is 0.250. The van der Waals surface area contributed by atoms with E-state index in [0.29, 0.717) is 4.83 Å². The van der Waals surface area contributed by atoms with Crippen molar-refractivity contribution in [3.05, 3.63) is 64.2 Å². The number of rotatable bonds is 3. The van der Waals surface area contributed by atoms with Gasteiger partial charge in [-0.05, 0) is 41.3 Å². The Bertz CT molecular complexity index is 580. The van der Waals surface area contributed by atoms with Crippen LogP contribution in [0.2, 0.25) is 5.02 Å². The van der Waals surface area contributed by atoms with Crippen molar-refractivity contribution in [1.82, 2.24) is 0 Å². The van der Waals surface area contributed by atoms with Crippen LogP contribution in [0.25, 0.3) is 0 Å². The van der Waals surface area contributed by atoms with Gasteiger partial charge in [-0.1, -0.05) is 51.8 Å². The van der Waals surface area contributed by atoms with Gasteiger partial charge in [0.1, 0.15) is 5.75 Å². The molecule has 2 aromatic rings. The van der Waals surface area contributed by atoms with Crippen LogP contribution in [0, 0.1) is 0 Å². The molecule has 1 aliphatic rings. The summed E-state index contributed by atoms with van der Waals surface area (Å²) < 4.78 is 5.53. The zero-order chi connectivity index (χ0) is 13.2. The number of ether oxygens (including phenoxy) is 1. The Labute approximate surface area is 126 Å². The van der Waals surface area contributed by atoms with Gasteiger partial charge in [-0.25, -0.2) is 0 Å². The molecule has 1 heterocycles. The molecule has 2 aromatic carbocycles. The minimum absolute atomic E-state index is 0.319. The summed E-state index contributed by atoms with van der Waals surface area (Å²) in [6, 6.07) is 14.5. The lowest BCUT2D eigenvalue weighted by molar-refractivity contribution is 0.357. The van der Waals surface area contributed by atoms with E-state index in [4.69, 9.17) is 16.3 Å². The predicted molar refractivity (Wildman–Crippen MR) is 82.5 cm³/mol. The van der Waals surface area contributed by atoms with Crippen LogP contribution in [-0.4, -0.2) is 6.61 Å². The summed E-state index contributed by atoms with van der Waals surface area (Å²) in [5.74, 6) is 1.04. The quantitative estimate of drug-likeness (QED) is 0.720. The lowest BCUT2D eigenvalue weighted by Gasteiger charge is -2.11. The van der Waals surface area contributed by atoms with E-state index in [-0.39, 0.29) is 0 Å². The largest absolute Gasteiger partial charge is 0.493 e. The van der Waals surface area contributed by atoms with Crippen LogP contribution in [0.4, 0.5) is 0 Å². The first-order valence-corrected chi connectivity index (χ1v) is 7.66. The first kappa shape index (κ1) is 13.0. The normalized spacial score (nSPS) is 14.8. The Morgan fingerprint density at radius 1 is 1.16 bits per heavy atom. The number of hydrogen-bond acceptors (Lipinski definition) is 1. The third kappa shape index (κ3) is 2.96.